The van der Waals surface area contributed by atoms with Crippen LogP contribution in [0.5, 0.6) is 5.75 Å². The molecule has 0 aliphatic carbocycles. The van der Waals surface area contributed by atoms with Gasteiger partial charge in [-0.15, -0.1) is 0 Å². The highest BCUT2D eigenvalue weighted by molar-refractivity contribution is 9.11. The summed E-state index contributed by atoms with van der Waals surface area (Å²) in [5.74, 6) is -2.47. The van der Waals surface area contributed by atoms with Gasteiger partial charge in [0.2, 0.25) is 0 Å². The van der Waals surface area contributed by atoms with Crippen LogP contribution in [-0.2, 0) is 13.2 Å². The molecule has 37 heavy (non-hydrogen) atoms. The van der Waals surface area contributed by atoms with Gasteiger partial charge in [0.05, 0.1) is 22.3 Å². The molecule has 1 heterocycles. The number of aromatic nitrogens is 1. The zero-order chi connectivity index (χ0) is 27.1. The van der Waals surface area contributed by atoms with Crippen molar-refractivity contribution in [3.63, 3.8) is 0 Å². The van der Waals surface area contributed by atoms with Crippen LogP contribution >= 0.6 is 31.9 Å². The molecule has 0 saturated carbocycles. The lowest BCUT2D eigenvalue weighted by atomic mass is 9.96. The smallest absolute Gasteiger partial charge is 0.417 e. The first-order valence-electron chi connectivity index (χ1n) is 10.9. The largest absolute Gasteiger partial charge is 0.507 e. The lowest BCUT2D eigenvalue weighted by Gasteiger charge is -2.15. The van der Waals surface area contributed by atoms with Crippen LogP contribution < -0.4 is 5.32 Å². The molecule has 0 spiro atoms. The second-order valence-corrected chi connectivity index (χ2v) is 10.1. The fourth-order valence-corrected chi connectivity index (χ4v) is 5.57. The number of anilines is 1. The minimum absolute atomic E-state index is 0.0138. The zero-order valence-corrected chi connectivity index (χ0v) is 22.3. The normalized spacial score (nSPS) is 11.6. The number of aryl methyl sites for hydroxylation is 1. The van der Waals surface area contributed by atoms with Crippen molar-refractivity contribution in [2.24, 2.45) is 7.05 Å². The van der Waals surface area contributed by atoms with Gasteiger partial charge in [-0.2, -0.15) is 13.2 Å². The summed E-state index contributed by atoms with van der Waals surface area (Å²) in [5.41, 5.74) is -0.740. The minimum Gasteiger partial charge on any atom is -0.507 e. The van der Waals surface area contributed by atoms with Gasteiger partial charge in [-0.1, -0.05) is 50.1 Å². The SMILES string of the molecule is Cn1c(-c2ccccc2C(F)(F)F)c(C(=O)CCNc2cc(Br)cc(Br)c2)c2cc(C(=O)O)c(O)cc21. The number of benzene rings is 3. The van der Waals surface area contributed by atoms with E-state index in [1.54, 1.807) is 12.1 Å². The highest BCUT2D eigenvalue weighted by atomic mass is 79.9. The molecule has 0 fully saturated rings. The first-order chi connectivity index (χ1) is 17.4. The average molecular weight is 640 g/mol. The van der Waals surface area contributed by atoms with Crippen LogP contribution in [0.15, 0.2) is 63.5 Å². The van der Waals surface area contributed by atoms with Crippen molar-refractivity contribution in [2.75, 3.05) is 11.9 Å². The molecule has 3 N–H and O–H groups in total. The molecule has 1 aromatic heterocycles. The molecule has 3 aromatic carbocycles. The first kappa shape index (κ1) is 26.7. The Bertz CT molecular complexity index is 1530. The molecule has 11 heteroatoms. The maximum Gasteiger partial charge on any atom is 0.417 e. The van der Waals surface area contributed by atoms with Crippen LogP contribution in [0, 0.1) is 0 Å². The number of fused-ring (bicyclic) bond motifs is 1. The third-order valence-electron chi connectivity index (χ3n) is 5.86. The fourth-order valence-electron chi connectivity index (χ4n) is 4.28. The standard InChI is InChI=1S/C26H19Br2F3N2O4/c1-33-20-12-22(35)18(25(36)37)11-17(20)23(24(33)16-4-2-3-5-19(16)26(29,30)31)21(34)6-7-32-15-9-13(27)8-14(28)10-15/h2-5,8-12,32,35H,6-7H2,1H3,(H,36,37). The van der Waals surface area contributed by atoms with Gasteiger partial charge in [0.15, 0.2) is 5.78 Å². The van der Waals surface area contributed by atoms with E-state index in [-0.39, 0.29) is 40.7 Å². The van der Waals surface area contributed by atoms with Crippen LogP contribution in [0.25, 0.3) is 22.2 Å². The molecule has 0 atom stereocenters. The summed E-state index contributed by atoms with van der Waals surface area (Å²) in [4.78, 5) is 25.2. The number of carboxylic acid groups (broad SMARTS) is 1. The maximum absolute atomic E-state index is 13.9. The molecule has 0 aliphatic heterocycles. The van der Waals surface area contributed by atoms with Crippen molar-refractivity contribution in [1.82, 2.24) is 4.57 Å². The summed E-state index contributed by atoms with van der Waals surface area (Å²) in [5, 5.41) is 23.0. The number of carbonyl (C=O) groups is 2. The highest BCUT2D eigenvalue weighted by Gasteiger charge is 2.36. The van der Waals surface area contributed by atoms with Crippen LogP contribution in [0.2, 0.25) is 0 Å². The maximum atomic E-state index is 13.9. The van der Waals surface area contributed by atoms with E-state index < -0.39 is 34.8 Å². The monoisotopic (exact) mass is 638 g/mol. The minimum atomic E-state index is -4.70. The Labute approximate surface area is 226 Å². The lowest BCUT2D eigenvalue weighted by molar-refractivity contribution is -0.137. The van der Waals surface area contributed by atoms with Crippen molar-refractivity contribution < 1.29 is 33.0 Å². The van der Waals surface area contributed by atoms with Gasteiger partial charge >= 0.3 is 12.1 Å². The Kier molecular flexibility index (Phi) is 7.38. The lowest BCUT2D eigenvalue weighted by Crippen LogP contribution is -2.12. The number of hydrogen-bond acceptors (Lipinski definition) is 4. The molecule has 0 aliphatic rings. The van der Waals surface area contributed by atoms with Crippen molar-refractivity contribution in [2.45, 2.75) is 12.6 Å². The number of carbonyl (C=O) groups excluding carboxylic acids is 1. The van der Waals surface area contributed by atoms with E-state index in [9.17, 15) is 33.0 Å². The number of nitrogens with one attached hydrogen (secondary N) is 1. The molecule has 0 saturated heterocycles. The summed E-state index contributed by atoms with van der Waals surface area (Å²) < 4.78 is 44.7. The number of alkyl halides is 3. The molecule has 4 aromatic rings. The molecule has 0 bridgehead atoms. The van der Waals surface area contributed by atoms with Gasteiger partial charge in [0.1, 0.15) is 11.3 Å². The van der Waals surface area contributed by atoms with E-state index in [2.05, 4.69) is 37.2 Å². The van der Waals surface area contributed by atoms with Crippen LogP contribution in [0.1, 0.15) is 32.7 Å². The van der Waals surface area contributed by atoms with E-state index in [4.69, 9.17) is 0 Å². The topological polar surface area (TPSA) is 91.6 Å². The molecule has 0 unspecified atom stereocenters. The molecule has 6 nitrogen and oxygen atoms in total. The van der Waals surface area contributed by atoms with Crippen LogP contribution in [0.3, 0.4) is 0 Å². The number of halogens is 5. The number of Topliss-reactive ketones (excluding diaryl/α,β-unsaturated/α-hetero) is 1. The van der Waals surface area contributed by atoms with E-state index in [0.717, 1.165) is 27.1 Å². The molecule has 192 valence electrons. The number of carboxylic acids is 1. The van der Waals surface area contributed by atoms with E-state index in [1.165, 1.54) is 29.8 Å². The van der Waals surface area contributed by atoms with Gasteiger partial charge in [-0.05, 0) is 30.3 Å². The second-order valence-electron chi connectivity index (χ2n) is 8.28. The number of ketones is 1. The van der Waals surface area contributed by atoms with Gasteiger partial charge in [0, 0.05) is 51.7 Å². The summed E-state index contributed by atoms with van der Waals surface area (Å²) in [7, 11) is 1.47. The summed E-state index contributed by atoms with van der Waals surface area (Å²) in [6, 6.07) is 12.6. The molecular formula is C26H19Br2F3N2O4. The van der Waals surface area contributed by atoms with E-state index >= 15 is 0 Å². The number of aromatic hydroxyl groups is 1. The number of rotatable bonds is 7. The number of nitrogens with zero attached hydrogens (tertiary/aromatic N) is 1. The number of phenols is 1. The van der Waals surface area contributed by atoms with Crippen molar-refractivity contribution in [1.29, 1.82) is 0 Å². The average Bonchev–Trinajstić information content (AvgIpc) is 3.08. The predicted molar refractivity (Wildman–Crippen MR) is 141 cm³/mol. The molecule has 0 amide bonds. The highest BCUT2D eigenvalue weighted by Crippen LogP contribution is 2.42. The Morgan fingerprint density at radius 2 is 1.68 bits per heavy atom. The van der Waals surface area contributed by atoms with Gasteiger partial charge in [0.25, 0.3) is 0 Å². The van der Waals surface area contributed by atoms with Crippen molar-refractivity contribution in [3.8, 4) is 17.0 Å². The third kappa shape index (κ3) is 5.37. The number of hydrogen-bond donors (Lipinski definition) is 3. The Balaban J connectivity index is 1.86. The van der Waals surface area contributed by atoms with E-state index in [0.29, 0.717) is 5.69 Å². The van der Waals surface area contributed by atoms with Gasteiger partial charge in [-0.25, -0.2) is 4.79 Å². The fraction of sp³-hybridized carbons (Fsp3) is 0.154. The summed E-state index contributed by atoms with van der Waals surface area (Å²) in [6.45, 7) is 0.169. The first-order valence-corrected chi connectivity index (χ1v) is 12.5. The van der Waals surface area contributed by atoms with Crippen molar-refractivity contribution in [3.05, 3.63) is 80.2 Å². The Morgan fingerprint density at radius 1 is 1.03 bits per heavy atom. The molecule has 4 rings (SSSR count). The summed E-state index contributed by atoms with van der Waals surface area (Å²) in [6.07, 6.45) is -4.79. The molecule has 0 radical (unpaired) electrons. The Morgan fingerprint density at radius 3 is 2.30 bits per heavy atom. The molecular weight excluding hydrogens is 621 g/mol. The van der Waals surface area contributed by atoms with Crippen LogP contribution in [-0.4, -0.2) is 33.1 Å². The Hall–Kier alpha value is -3.31. The number of aromatic carboxylic acids is 1. The van der Waals surface area contributed by atoms with Gasteiger partial charge in [-0.3, -0.25) is 4.79 Å². The van der Waals surface area contributed by atoms with E-state index in [1.807, 2.05) is 6.07 Å². The second kappa shape index (κ2) is 10.2. The quantitative estimate of drug-likeness (QED) is 0.182. The summed E-state index contributed by atoms with van der Waals surface area (Å²) >= 11 is 6.77. The zero-order valence-electron chi connectivity index (χ0n) is 19.2. The predicted octanol–water partition coefficient (Wildman–Crippen LogP) is 7.48. The van der Waals surface area contributed by atoms with Crippen LogP contribution in [0.4, 0.5) is 18.9 Å². The van der Waals surface area contributed by atoms with Gasteiger partial charge < -0.3 is 20.1 Å². The van der Waals surface area contributed by atoms with Crippen molar-refractivity contribution >= 4 is 60.2 Å². The third-order valence-corrected chi connectivity index (χ3v) is 6.77.